The second-order valence-corrected chi connectivity index (χ2v) is 10.7. The average molecular weight is 247 g/mol. The molecular formula is C12H29NO2Si. The molecule has 2 N–H and O–H groups in total. The van der Waals surface area contributed by atoms with Crippen LogP contribution in [0.4, 0.5) is 0 Å². The van der Waals surface area contributed by atoms with Gasteiger partial charge in [-0.05, 0) is 31.6 Å². The highest BCUT2D eigenvalue weighted by atomic mass is 28.4. The Hall–Kier alpha value is 0.0969. The molecule has 0 radical (unpaired) electrons. The summed E-state index contributed by atoms with van der Waals surface area (Å²) in [5, 5.41) is 13.4. The average Bonchev–Trinajstić information content (AvgIpc) is 2.11. The number of hydrogen-bond acceptors (Lipinski definition) is 3. The Morgan fingerprint density at radius 3 is 2.12 bits per heavy atom. The van der Waals surface area contributed by atoms with Crippen LogP contribution < -0.4 is 5.32 Å². The molecule has 0 saturated carbocycles. The molecule has 16 heavy (non-hydrogen) atoms. The Labute approximate surface area is 102 Å². The number of nitrogens with one attached hydrogen (secondary N) is 1. The van der Waals surface area contributed by atoms with Crippen LogP contribution in [0.1, 0.15) is 40.5 Å². The van der Waals surface area contributed by atoms with Crippen LogP contribution in [-0.2, 0) is 4.43 Å². The molecule has 0 aliphatic rings. The number of likely N-dealkylation sites (N-methyl/N-ethyl adjacent to an activating group) is 1. The summed E-state index contributed by atoms with van der Waals surface area (Å²) in [6, 6.07) is 0.0409. The van der Waals surface area contributed by atoms with Gasteiger partial charge in [-0.1, -0.05) is 34.1 Å². The fourth-order valence-electron chi connectivity index (χ4n) is 1.30. The minimum atomic E-state index is -1.87. The zero-order valence-corrected chi connectivity index (χ0v) is 12.9. The van der Waals surface area contributed by atoms with Crippen molar-refractivity contribution in [2.45, 2.75) is 71.0 Å². The molecule has 0 fully saturated rings. The van der Waals surface area contributed by atoms with Crippen molar-refractivity contribution in [1.82, 2.24) is 5.32 Å². The van der Waals surface area contributed by atoms with Gasteiger partial charge >= 0.3 is 0 Å². The largest absolute Gasteiger partial charge is 0.391 e. The molecule has 0 aromatic carbocycles. The van der Waals surface area contributed by atoms with Crippen molar-refractivity contribution in [2.75, 3.05) is 7.05 Å². The number of aliphatic hydroxyl groups excluding tert-OH is 1. The van der Waals surface area contributed by atoms with Crippen LogP contribution in [0, 0.1) is 0 Å². The lowest BCUT2D eigenvalue weighted by Crippen LogP contribution is -2.49. The van der Waals surface area contributed by atoms with E-state index in [0.717, 1.165) is 12.8 Å². The number of aliphatic hydroxyl groups is 1. The molecular weight excluding hydrogens is 218 g/mol. The second kappa shape index (κ2) is 6.14. The Morgan fingerprint density at radius 2 is 1.81 bits per heavy atom. The minimum Gasteiger partial charge on any atom is -0.391 e. The molecule has 0 aromatic rings. The SMILES string of the molecule is CCCC(NC)C(O)O[Si](C)(C)C(C)(C)C. The molecule has 2 atom stereocenters. The highest BCUT2D eigenvalue weighted by Gasteiger charge is 2.40. The van der Waals surface area contributed by atoms with Gasteiger partial charge in [-0.15, -0.1) is 0 Å². The molecule has 0 spiro atoms. The Morgan fingerprint density at radius 1 is 1.31 bits per heavy atom. The Bertz CT molecular complexity index is 202. The minimum absolute atomic E-state index is 0.0409. The lowest BCUT2D eigenvalue weighted by atomic mass is 10.1. The zero-order valence-electron chi connectivity index (χ0n) is 11.9. The van der Waals surface area contributed by atoms with Gasteiger partial charge in [0.2, 0.25) is 0 Å². The van der Waals surface area contributed by atoms with Crippen LogP contribution in [0.2, 0.25) is 18.1 Å². The molecule has 0 aliphatic carbocycles. The lowest BCUT2D eigenvalue weighted by Gasteiger charge is -2.39. The Balaban J connectivity index is 4.47. The van der Waals surface area contributed by atoms with Crippen LogP contribution in [-0.4, -0.2) is 32.8 Å². The molecule has 0 heterocycles. The van der Waals surface area contributed by atoms with Gasteiger partial charge in [0, 0.05) is 0 Å². The van der Waals surface area contributed by atoms with Gasteiger partial charge in [0.25, 0.3) is 0 Å². The van der Waals surface area contributed by atoms with Crippen molar-refractivity contribution in [3.8, 4) is 0 Å². The zero-order chi connectivity index (χ0) is 13.0. The van der Waals surface area contributed by atoms with E-state index < -0.39 is 14.6 Å². The second-order valence-electron chi connectivity index (χ2n) is 5.95. The molecule has 0 aliphatic heterocycles. The fourth-order valence-corrected chi connectivity index (χ4v) is 2.42. The number of hydrogen-bond donors (Lipinski definition) is 2. The molecule has 0 amide bonds. The summed E-state index contributed by atoms with van der Waals surface area (Å²) < 4.78 is 5.94. The third-order valence-electron chi connectivity index (χ3n) is 3.54. The first-order valence-electron chi connectivity index (χ1n) is 6.19. The van der Waals surface area contributed by atoms with E-state index in [1.165, 1.54) is 0 Å². The summed E-state index contributed by atoms with van der Waals surface area (Å²) in [5.41, 5.74) is 0. The molecule has 98 valence electrons. The smallest absolute Gasteiger partial charge is 0.195 e. The highest BCUT2D eigenvalue weighted by Crippen LogP contribution is 2.37. The van der Waals surface area contributed by atoms with Crippen LogP contribution in [0.3, 0.4) is 0 Å². The maximum Gasteiger partial charge on any atom is 0.195 e. The summed E-state index contributed by atoms with van der Waals surface area (Å²) >= 11 is 0. The van der Waals surface area contributed by atoms with Gasteiger partial charge in [-0.25, -0.2) is 0 Å². The first-order valence-corrected chi connectivity index (χ1v) is 9.09. The van der Waals surface area contributed by atoms with Crippen LogP contribution in [0.15, 0.2) is 0 Å². The third-order valence-corrected chi connectivity index (χ3v) is 7.98. The van der Waals surface area contributed by atoms with Crippen molar-refractivity contribution in [3.05, 3.63) is 0 Å². The van der Waals surface area contributed by atoms with E-state index in [2.05, 4.69) is 46.1 Å². The molecule has 0 aromatic heterocycles. The summed E-state index contributed by atoms with van der Waals surface area (Å²) in [6.07, 6.45) is 1.29. The molecule has 0 bridgehead atoms. The maximum absolute atomic E-state index is 10.1. The molecule has 0 rings (SSSR count). The van der Waals surface area contributed by atoms with Crippen molar-refractivity contribution in [3.63, 3.8) is 0 Å². The summed E-state index contributed by atoms with van der Waals surface area (Å²) in [6.45, 7) is 13.0. The molecule has 4 heteroatoms. The highest BCUT2D eigenvalue weighted by molar-refractivity contribution is 6.74. The summed E-state index contributed by atoms with van der Waals surface area (Å²) in [5.74, 6) is 0. The fraction of sp³-hybridized carbons (Fsp3) is 1.00. The number of rotatable bonds is 6. The monoisotopic (exact) mass is 247 g/mol. The normalized spacial score (nSPS) is 17.2. The van der Waals surface area contributed by atoms with E-state index >= 15 is 0 Å². The van der Waals surface area contributed by atoms with Gasteiger partial charge in [-0.3, -0.25) is 0 Å². The van der Waals surface area contributed by atoms with Gasteiger partial charge in [0.05, 0.1) is 6.04 Å². The van der Waals surface area contributed by atoms with Gasteiger partial charge in [0.15, 0.2) is 14.6 Å². The summed E-state index contributed by atoms with van der Waals surface area (Å²) in [7, 11) is 0.00752. The van der Waals surface area contributed by atoms with E-state index in [-0.39, 0.29) is 11.1 Å². The predicted molar refractivity (Wildman–Crippen MR) is 72.0 cm³/mol. The molecule has 0 saturated heterocycles. The van der Waals surface area contributed by atoms with Crippen molar-refractivity contribution in [1.29, 1.82) is 0 Å². The molecule has 2 unspecified atom stereocenters. The first-order chi connectivity index (χ1) is 7.15. The van der Waals surface area contributed by atoms with Crippen molar-refractivity contribution >= 4 is 8.32 Å². The van der Waals surface area contributed by atoms with E-state index in [1.807, 2.05) is 7.05 Å². The third kappa shape index (κ3) is 4.53. The van der Waals surface area contributed by atoms with E-state index in [9.17, 15) is 5.11 Å². The first kappa shape index (κ1) is 16.1. The van der Waals surface area contributed by atoms with Crippen LogP contribution >= 0.6 is 0 Å². The Kier molecular flexibility index (Phi) is 6.18. The molecule has 3 nitrogen and oxygen atoms in total. The van der Waals surface area contributed by atoms with Crippen molar-refractivity contribution < 1.29 is 9.53 Å². The predicted octanol–water partition coefficient (Wildman–Crippen LogP) is 2.71. The quantitative estimate of drug-likeness (QED) is 0.560. The van der Waals surface area contributed by atoms with Crippen LogP contribution in [0.25, 0.3) is 0 Å². The topological polar surface area (TPSA) is 41.5 Å². The van der Waals surface area contributed by atoms with Crippen molar-refractivity contribution in [2.24, 2.45) is 0 Å². The van der Waals surface area contributed by atoms with Gasteiger partial charge in [0.1, 0.15) is 0 Å². The summed E-state index contributed by atoms with van der Waals surface area (Å²) in [4.78, 5) is 0. The van der Waals surface area contributed by atoms with E-state index in [4.69, 9.17) is 4.43 Å². The van der Waals surface area contributed by atoms with E-state index in [1.54, 1.807) is 0 Å². The standard InChI is InChI=1S/C12H29NO2Si/c1-8-9-10(13-5)11(14)15-16(6,7)12(2,3)4/h10-11,13-14H,8-9H2,1-7H3. The maximum atomic E-state index is 10.1. The van der Waals surface area contributed by atoms with E-state index in [0.29, 0.717) is 0 Å². The van der Waals surface area contributed by atoms with Gasteiger partial charge < -0.3 is 14.8 Å². The van der Waals surface area contributed by atoms with Crippen LogP contribution in [0.5, 0.6) is 0 Å². The lowest BCUT2D eigenvalue weighted by molar-refractivity contribution is -0.0558. The van der Waals surface area contributed by atoms with Gasteiger partial charge in [-0.2, -0.15) is 0 Å².